The SMILES string of the molecule is Cc1cc(C2C3=CCC4C(=O)N(c5ccc(-c6nc7ccccc7o6)cc5)C(=O)C4C3CC3C(=O)N(c4ccc(-c5nc6ccccc6o5)cc4)C(=O)C32)ccc1O. The van der Waals surface area contributed by atoms with Gasteiger partial charge in [0.15, 0.2) is 11.2 Å². The number of hydrogen-bond acceptors (Lipinski definition) is 9. The number of imide groups is 2. The van der Waals surface area contributed by atoms with Crippen LogP contribution in [0.3, 0.4) is 0 Å². The number of oxazole rings is 2. The molecule has 2 aromatic heterocycles. The number of para-hydroxylation sites is 4. The topological polar surface area (TPSA) is 147 Å². The molecule has 0 radical (unpaired) electrons. The van der Waals surface area contributed by atoms with Crippen molar-refractivity contribution in [1.29, 1.82) is 0 Å². The quantitative estimate of drug-likeness (QED) is 0.135. The highest BCUT2D eigenvalue weighted by Gasteiger charge is 2.62. The Morgan fingerprint density at radius 1 is 0.603 bits per heavy atom. The fourth-order valence-corrected chi connectivity index (χ4v) is 9.84. The second kappa shape index (κ2) is 12.7. The number of benzene rings is 5. The number of amides is 4. The number of hydrogen-bond donors (Lipinski definition) is 1. The summed E-state index contributed by atoms with van der Waals surface area (Å²) in [7, 11) is 0. The monoisotopic (exact) mass is 766 g/mol. The molecule has 1 saturated carbocycles. The highest BCUT2D eigenvalue weighted by Crippen LogP contribution is 2.58. The van der Waals surface area contributed by atoms with Gasteiger partial charge in [0.05, 0.1) is 35.0 Å². The molecule has 6 unspecified atom stereocenters. The molecule has 4 aliphatic rings. The van der Waals surface area contributed by atoms with Crippen LogP contribution in [0.25, 0.3) is 45.1 Å². The van der Waals surface area contributed by atoms with E-state index in [9.17, 15) is 24.3 Å². The summed E-state index contributed by atoms with van der Waals surface area (Å²) < 4.78 is 11.9. The number of aromatic nitrogens is 2. The van der Waals surface area contributed by atoms with Gasteiger partial charge in [-0.2, -0.15) is 0 Å². The molecule has 58 heavy (non-hydrogen) atoms. The van der Waals surface area contributed by atoms with Gasteiger partial charge in [0.25, 0.3) is 0 Å². The van der Waals surface area contributed by atoms with E-state index in [0.29, 0.717) is 57.4 Å². The van der Waals surface area contributed by atoms with Gasteiger partial charge in [-0.3, -0.25) is 29.0 Å². The summed E-state index contributed by atoms with van der Waals surface area (Å²) in [6.45, 7) is 1.79. The maximum absolute atomic E-state index is 14.7. The van der Waals surface area contributed by atoms with Gasteiger partial charge in [0.2, 0.25) is 35.4 Å². The molecule has 11 nitrogen and oxygen atoms in total. The van der Waals surface area contributed by atoms with Crippen LogP contribution in [0.1, 0.15) is 29.9 Å². The third kappa shape index (κ3) is 5.05. The Labute approximate surface area is 331 Å². The molecule has 0 spiro atoms. The Kier molecular flexibility index (Phi) is 7.47. The lowest BCUT2D eigenvalue weighted by Crippen LogP contribution is -2.43. The third-order valence-electron chi connectivity index (χ3n) is 12.6. The van der Waals surface area contributed by atoms with Crippen molar-refractivity contribution in [2.45, 2.75) is 25.7 Å². The minimum Gasteiger partial charge on any atom is -0.508 e. The maximum Gasteiger partial charge on any atom is 0.238 e. The van der Waals surface area contributed by atoms with Gasteiger partial charge < -0.3 is 13.9 Å². The number of carbonyl (C=O) groups excluding carboxylic acids is 4. The normalized spacial score (nSPS) is 24.1. The van der Waals surface area contributed by atoms with E-state index in [4.69, 9.17) is 8.83 Å². The Balaban J connectivity index is 0.927. The molecular formula is C47H34N4O7. The Hall–Kier alpha value is -7.14. The molecule has 3 fully saturated rings. The average Bonchev–Trinajstić information content (AvgIpc) is 4.00. The molecule has 5 aromatic carbocycles. The van der Waals surface area contributed by atoms with Crippen molar-refractivity contribution in [1.82, 2.24) is 9.97 Å². The lowest BCUT2D eigenvalue weighted by Gasteiger charge is -2.44. The van der Waals surface area contributed by atoms with Crippen molar-refractivity contribution in [3.63, 3.8) is 0 Å². The summed E-state index contributed by atoms with van der Waals surface area (Å²) in [5.41, 5.74) is 7.36. The van der Waals surface area contributed by atoms with Crippen molar-refractivity contribution < 1.29 is 33.1 Å². The summed E-state index contributed by atoms with van der Waals surface area (Å²) in [5.74, 6) is -4.08. The molecule has 2 saturated heterocycles. The molecule has 6 atom stereocenters. The molecule has 4 heterocycles. The molecular weight excluding hydrogens is 733 g/mol. The summed E-state index contributed by atoms with van der Waals surface area (Å²) >= 11 is 0. The van der Waals surface area contributed by atoms with Gasteiger partial charge in [-0.25, -0.2) is 9.97 Å². The lowest BCUT2D eigenvalue weighted by molar-refractivity contribution is -0.126. The fourth-order valence-electron chi connectivity index (χ4n) is 9.84. The zero-order valence-electron chi connectivity index (χ0n) is 31.1. The number of allylic oxidation sites excluding steroid dienone is 2. The summed E-state index contributed by atoms with van der Waals surface area (Å²) in [4.78, 5) is 69.7. The maximum atomic E-state index is 14.7. The van der Waals surface area contributed by atoms with Crippen molar-refractivity contribution in [2.24, 2.45) is 29.6 Å². The molecule has 4 amide bonds. The summed E-state index contributed by atoms with van der Waals surface area (Å²) in [6, 6.07) is 34.3. The van der Waals surface area contributed by atoms with E-state index in [2.05, 4.69) is 9.97 Å². The first-order chi connectivity index (χ1) is 28.2. The van der Waals surface area contributed by atoms with Gasteiger partial charge in [0, 0.05) is 17.0 Å². The molecule has 7 aromatic rings. The molecule has 11 heteroatoms. The molecule has 0 bridgehead atoms. The van der Waals surface area contributed by atoms with E-state index in [1.54, 1.807) is 67.6 Å². The van der Waals surface area contributed by atoms with E-state index in [0.717, 1.165) is 22.2 Å². The number of carbonyl (C=O) groups is 4. The Morgan fingerprint density at radius 3 is 1.69 bits per heavy atom. The van der Waals surface area contributed by atoms with Gasteiger partial charge in [-0.05, 0) is 116 Å². The highest BCUT2D eigenvalue weighted by molar-refractivity contribution is 6.24. The highest BCUT2D eigenvalue weighted by atomic mass is 16.4. The number of rotatable bonds is 5. The zero-order chi connectivity index (χ0) is 39.4. The molecule has 2 aliphatic carbocycles. The Morgan fingerprint density at radius 2 is 1.14 bits per heavy atom. The number of phenols is 1. The minimum atomic E-state index is -0.741. The van der Waals surface area contributed by atoms with E-state index < -0.39 is 35.5 Å². The van der Waals surface area contributed by atoms with Gasteiger partial charge in [-0.15, -0.1) is 0 Å². The van der Waals surface area contributed by atoms with E-state index in [1.807, 2.05) is 60.7 Å². The standard InChI is InChI=1S/C47H34N4O7/c1-24-22-27(14-21-36(24)52)39-30-19-20-31-40(46(55)50(44(31)53)28-15-10-25(11-16-28)42-48-34-6-2-4-8-37(34)57-42)32(30)23-33-41(39)47(56)51(45(33)54)29-17-12-26(13-18-29)43-49-35-7-3-5-9-38(35)58-43/h2-19,21-22,31-33,39-41,52H,20,23H2,1H3. The first kappa shape index (κ1) is 34.1. The fraction of sp³-hybridized carbons (Fsp3) is 0.191. The van der Waals surface area contributed by atoms with Gasteiger partial charge >= 0.3 is 0 Å². The van der Waals surface area contributed by atoms with Gasteiger partial charge in [-0.1, -0.05) is 48.0 Å². The predicted octanol–water partition coefficient (Wildman–Crippen LogP) is 8.36. The Bertz CT molecular complexity index is 2840. The van der Waals surface area contributed by atoms with Crippen molar-refractivity contribution >= 4 is 57.2 Å². The molecule has 1 N–H and O–H groups in total. The van der Waals surface area contributed by atoms with Crippen LogP contribution in [0.15, 0.2) is 136 Å². The number of aromatic hydroxyl groups is 1. The lowest BCUT2D eigenvalue weighted by atomic mass is 9.57. The third-order valence-corrected chi connectivity index (χ3v) is 12.6. The minimum absolute atomic E-state index is 0.120. The second-order valence-electron chi connectivity index (χ2n) is 15.7. The van der Waals surface area contributed by atoms with Crippen LogP contribution in [0, 0.1) is 36.5 Å². The van der Waals surface area contributed by atoms with Crippen LogP contribution in [0.5, 0.6) is 5.75 Å². The van der Waals surface area contributed by atoms with Crippen LogP contribution < -0.4 is 9.80 Å². The van der Waals surface area contributed by atoms with Crippen LogP contribution in [0.2, 0.25) is 0 Å². The number of fused-ring (bicyclic) bond motifs is 6. The van der Waals surface area contributed by atoms with Crippen molar-refractivity contribution in [3.8, 4) is 28.7 Å². The number of aryl methyl sites for hydroxylation is 1. The van der Waals surface area contributed by atoms with Crippen molar-refractivity contribution in [3.05, 3.63) is 138 Å². The molecule has 11 rings (SSSR count). The van der Waals surface area contributed by atoms with E-state index in [-0.39, 0.29) is 35.8 Å². The summed E-state index contributed by atoms with van der Waals surface area (Å²) in [6.07, 6.45) is 2.60. The first-order valence-corrected chi connectivity index (χ1v) is 19.4. The average molecular weight is 767 g/mol. The smallest absolute Gasteiger partial charge is 0.238 e. The van der Waals surface area contributed by atoms with Crippen LogP contribution >= 0.6 is 0 Å². The number of nitrogens with zero attached hydrogens (tertiary/aromatic N) is 4. The second-order valence-corrected chi connectivity index (χ2v) is 15.7. The first-order valence-electron chi connectivity index (χ1n) is 19.4. The summed E-state index contributed by atoms with van der Waals surface area (Å²) in [5, 5.41) is 10.5. The number of anilines is 2. The van der Waals surface area contributed by atoms with Gasteiger partial charge in [0.1, 0.15) is 16.8 Å². The largest absolute Gasteiger partial charge is 0.508 e. The van der Waals surface area contributed by atoms with Crippen LogP contribution in [0.4, 0.5) is 11.4 Å². The van der Waals surface area contributed by atoms with Crippen LogP contribution in [-0.4, -0.2) is 38.7 Å². The predicted molar refractivity (Wildman–Crippen MR) is 214 cm³/mol. The number of phenolic OH excluding ortho intramolecular Hbond substituents is 1. The van der Waals surface area contributed by atoms with Crippen molar-refractivity contribution in [2.75, 3.05) is 9.80 Å². The molecule has 2 aliphatic heterocycles. The van der Waals surface area contributed by atoms with E-state index >= 15 is 0 Å². The molecule has 284 valence electrons. The van der Waals surface area contributed by atoms with Crippen LogP contribution in [-0.2, 0) is 19.2 Å². The zero-order valence-corrected chi connectivity index (χ0v) is 31.1. The van der Waals surface area contributed by atoms with E-state index in [1.165, 1.54) is 9.80 Å².